The highest BCUT2D eigenvalue weighted by Gasteiger charge is 2.33. The molecular weight excluding hydrogens is 256 g/mol. The highest BCUT2D eigenvalue weighted by atomic mass is 16.4. The van der Waals surface area contributed by atoms with Crippen LogP contribution in [0.3, 0.4) is 0 Å². The predicted octanol–water partition coefficient (Wildman–Crippen LogP) is 1.00. The molecule has 0 aliphatic carbocycles. The molecule has 20 heavy (non-hydrogen) atoms. The Morgan fingerprint density at radius 1 is 1.55 bits per heavy atom. The molecule has 1 saturated heterocycles. The molecule has 0 radical (unpaired) electrons. The van der Waals surface area contributed by atoms with Gasteiger partial charge in [-0.05, 0) is 32.3 Å². The Kier molecular flexibility index (Phi) is 4.13. The van der Waals surface area contributed by atoms with Crippen LogP contribution in [0.4, 0.5) is 5.69 Å². The molecule has 2 heterocycles. The van der Waals surface area contributed by atoms with Crippen LogP contribution in [0.5, 0.6) is 0 Å². The molecule has 4 N–H and O–H groups in total. The molecule has 6 heteroatoms. The summed E-state index contributed by atoms with van der Waals surface area (Å²) in [6.07, 6.45) is 1.02. The van der Waals surface area contributed by atoms with Crippen molar-refractivity contribution in [1.82, 2.24) is 4.98 Å². The van der Waals surface area contributed by atoms with Gasteiger partial charge in [-0.25, -0.2) is 0 Å². The highest BCUT2D eigenvalue weighted by molar-refractivity contribution is 6.03. The predicted molar refractivity (Wildman–Crippen MR) is 78.2 cm³/mol. The number of oxime groups is 1. The molecule has 6 nitrogen and oxygen atoms in total. The molecule has 0 aromatic carbocycles. The summed E-state index contributed by atoms with van der Waals surface area (Å²) in [6, 6.07) is 1.99. The van der Waals surface area contributed by atoms with Gasteiger partial charge in [-0.2, -0.15) is 0 Å². The molecule has 2 unspecified atom stereocenters. The van der Waals surface area contributed by atoms with E-state index in [0.717, 1.165) is 30.0 Å². The van der Waals surface area contributed by atoms with Crippen LogP contribution in [-0.2, 0) is 0 Å². The lowest BCUT2D eigenvalue weighted by atomic mass is 10.0. The molecule has 0 spiro atoms. The van der Waals surface area contributed by atoms with Crippen LogP contribution >= 0.6 is 0 Å². The van der Waals surface area contributed by atoms with E-state index >= 15 is 0 Å². The average molecular weight is 278 g/mol. The zero-order valence-corrected chi connectivity index (χ0v) is 12.2. The number of hydrogen-bond donors (Lipinski definition) is 3. The maximum Gasteiger partial charge on any atom is 0.174 e. The first kappa shape index (κ1) is 14.6. The first-order chi connectivity index (χ1) is 9.49. The van der Waals surface area contributed by atoms with Crippen LogP contribution in [0.25, 0.3) is 0 Å². The van der Waals surface area contributed by atoms with E-state index in [1.165, 1.54) is 0 Å². The molecule has 110 valence electrons. The van der Waals surface area contributed by atoms with Gasteiger partial charge in [0.25, 0.3) is 0 Å². The van der Waals surface area contributed by atoms with Gasteiger partial charge in [-0.1, -0.05) is 12.1 Å². The number of aryl methyl sites for hydroxylation is 2. The number of amidine groups is 1. The van der Waals surface area contributed by atoms with Gasteiger partial charge in [0.1, 0.15) is 0 Å². The Morgan fingerprint density at radius 2 is 2.25 bits per heavy atom. The van der Waals surface area contributed by atoms with Crippen LogP contribution in [-0.4, -0.2) is 40.3 Å². The first-order valence-corrected chi connectivity index (χ1v) is 6.83. The summed E-state index contributed by atoms with van der Waals surface area (Å²) in [5, 5.41) is 21.7. The smallest absolute Gasteiger partial charge is 0.174 e. The van der Waals surface area contributed by atoms with Crippen molar-refractivity contribution in [2.24, 2.45) is 16.8 Å². The van der Waals surface area contributed by atoms with Crippen LogP contribution in [0.1, 0.15) is 30.3 Å². The second kappa shape index (κ2) is 5.66. The molecule has 1 aliphatic rings. The Morgan fingerprint density at radius 3 is 2.85 bits per heavy atom. The third-order valence-electron chi connectivity index (χ3n) is 4.05. The first-order valence-electron chi connectivity index (χ1n) is 6.83. The number of rotatable bonds is 3. The zero-order chi connectivity index (χ0) is 14.9. The fourth-order valence-corrected chi connectivity index (χ4v) is 2.99. The fourth-order valence-electron chi connectivity index (χ4n) is 2.99. The van der Waals surface area contributed by atoms with Gasteiger partial charge in [0.2, 0.25) is 0 Å². The van der Waals surface area contributed by atoms with Crippen LogP contribution in [0.15, 0.2) is 11.2 Å². The Bertz CT molecular complexity index is 530. The molecule has 2 rings (SSSR count). The molecule has 2 atom stereocenters. The molecule has 0 amide bonds. The standard InChI is InChI=1S/C14H22N4O2/c1-8-4-5-18(12(8)7-19)11-6-9(2)16-10(3)13(11)14(15)17-20/h6,8,12,19-20H,4-5,7H2,1-3H3,(H2,15,17). The fraction of sp³-hybridized carbons (Fsp3) is 0.571. The van der Waals surface area contributed by atoms with Gasteiger partial charge in [0.15, 0.2) is 5.84 Å². The number of pyridine rings is 1. The third kappa shape index (κ3) is 2.43. The number of anilines is 1. The summed E-state index contributed by atoms with van der Waals surface area (Å²) >= 11 is 0. The number of nitrogens with zero attached hydrogens (tertiary/aromatic N) is 3. The van der Waals surface area contributed by atoms with Crippen molar-refractivity contribution < 1.29 is 10.3 Å². The minimum Gasteiger partial charge on any atom is -0.409 e. The lowest BCUT2D eigenvalue weighted by Gasteiger charge is -2.29. The topological polar surface area (TPSA) is 95.0 Å². The van der Waals surface area contributed by atoms with Crippen molar-refractivity contribution >= 4 is 11.5 Å². The molecule has 0 bridgehead atoms. The second-order valence-corrected chi connectivity index (χ2v) is 5.44. The van der Waals surface area contributed by atoms with Crippen molar-refractivity contribution in [3.8, 4) is 0 Å². The third-order valence-corrected chi connectivity index (χ3v) is 4.05. The molecule has 1 fully saturated rings. The Labute approximate surface area is 118 Å². The van der Waals surface area contributed by atoms with Crippen molar-refractivity contribution in [3.63, 3.8) is 0 Å². The van der Waals surface area contributed by atoms with Gasteiger partial charge in [0, 0.05) is 12.2 Å². The number of aliphatic hydroxyl groups excluding tert-OH is 1. The van der Waals surface area contributed by atoms with Gasteiger partial charge >= 0.3 is 0 Å². The van der Waals surface area contributed by atoms with E-state index in [1.54, 1.807) is 0 Å². The highest BCUT2D eigenvalue weighted by Crippen LogP contribution is 2.33. The molecule has 1 aromatic rings. The summed E-state index contributed by atoms with van der Waals surface area (Å²) < 4.78 is 0. The maximum absolute atomic E-state index is 9.63. The minimum absolute atomic E-state index is 0.0567. The van der Waals surface area contributed by atoms with Crippen molar-refractivity contribution in [2.75, 3.05) is 18.1 Å². The van der Waals surface area contributed by atoms with Crippen molar-refractivity contribution in [1.29, 1.82) is 0 Å². The molecule has 0 saturated carbocycles. The quantitative estimate of drug-likeness (QED) is 0.332. The van der Waals surface area contributed by atoms with E-state index in [9.17, 15) is 5.11 Å². The van der Waals surface area contributed by atoms with E-state index < -0.39 is 0 Å². The monoisotopic (exact) mass is 278 g/mol. The van der Waals surface area contributed by atoms with E-state index in [0.29, 0.717) is 11.5 Å². The van der Waals surface area contributed by atoms with Crippen LogP contribution in [0, 0.1) is 19.8 Å². The van der Waals surface area contributed by atoms with E-state index in [1.807, 2.05) is 19.9 Å². The minimum atomic E-state index is 0.0567. The Hall–Kier alpha value is -1.82. The van der Waals surface area contributed by atoms with E-state index in [2.05, 4.69) is 22.0 Å². The number of nitrogens with two attached hydrogens (primary N) is 1. The largest absolute Gasteiger partial charge is 0.409 e. The summed E-state index contributed by atoms with van der Waals surface area (Å²) in [7, 11) is 0. The van der Waals surface area contributed by atoms with Crippen molar-refractivity contribution in [2.45, 2.75) is 33.2 Å². The summed E-state index contributed by atoms with van der Waals surface area (Å²) in [5.41, 5.74) is 8.94. The molecule has 1 aromatic heterocycles. The van der Waals surface area contributed by atoms with Crippen LogP contribution in [0.2, 0.25) is 0 Å². The van der Waals surface area contributed by atoms with Crippen molar-refractivity contribution in [3.05, 3.63) is 23.0 Å². The van der Waals surface area contributed by atoms with E-state index in [4.69, 9.17) is 10.9 Å². The SMILES string of the molecule is Cc1cc(N2CCC(C)C2CO)c(/C(N)=N/O)c(C)n1. The van der Waals surface area contributed by atoms with Gasteiger partial charge in [-0.3, -0.25) is 4.98 Å². The van der Waals surface area contributed by atoms with Gasteiger partial charge in [0.05, 0.1) is 29.6 Å². The zero-order valence-electron chi connectivity index (χ0n) is 12.2. The average Bonchev–Trinajstić information content (AvgIpc) is 2.78. The van der Waals surface area contributed by atoms with E-state index in [-0.39, 0.29) is 18.5 Å². The summed E-state index contributed by atoms with van der Waals surface area (Å²) in [5.74, 6) is 0.468. The molecule has 1 aliphatic heterocycles. The number of hydrogen-bond acceptors (Lipinski definition) is 5. The lowest BCUT2D eigenvalue weighted by molar-refractivity contribution is 0.244. The normalized spacial score (nSPS) is 23.4. The Balaban J connectivity index is 2.55. The van der Waals surface area contributed by atoms with Crippen LogP contribution < -0.4 is 10.6 Å². The lowest BCUT2D eigenvalue weighted by Crippen LogP contribution is -2.37. The summed E-state index contributed by atoms with van der Waals surface area (Å²) in [4.78, 5) is 6.52. The number of aliphatic hydroxyl groups is 1. The van der Waals surface area contributed by atoms with Gasteiger partial charge in [-0.15, -0.1) is 0 Å². The van der Waals surface area contributed by atoms with Gasteiger partial charge < -0.3 is 20.9 Å². The molecular formula is C14H22N4O2. The summed E-state index contributed by atoms with van der Waals surface area (Å²) in [6.45, 7) is 6.83. The maximum atomic E-state index is 9.63. The number of aromatic nitrogens is 1. The second-order valence-electron chi connectivity index (χ2n) is 5.44.